The maximum absolute atomic E-state index is 5.57. The standard InChI is InChI=1S/C21H34N2O3/c1-16-6-4-5-7-18(16)22-15-19(23-10-12-26-13-11-23)17-8-9-20(24-2)21(14-17)25-3/h8-9,14,16,18-19,22H,4-7,10-13,15H2,1-3H3. The van der Waals surface area contributed by atoms with E-state index in [2.05, 4.69) is 29.3 Å². The number of methoxy groups -OCH3 is 2. The van der Waals surface area contributed by atoms with Crippen LogP contribution in [0.15, 0.2) is 18.2 Å². The zero-order chi connectivity index (χ0) is 18.4. The normalized spacial score (nSPS) is 25.7. The van der Waals surface area contributed by atoms with Crippen LogP contribution >= 0.6 is 0 Å². The fraction of sp³-hybridized carbons (Fsp3) is 0.714. The van der Waals surface area contributed by atoms with Crippen molar-refractivity contribution in [3.8, 4) is 11.5 Å². The van der Waals surface area contributed by atoms with E-state index in [-0.39, 0.29) is 0 Å². The van der Waals surface area contributed by atoms with Gasteiger partial charge in [-0.2, -0.15) is 0 Å². The summed E-state index contributed by atoms with van der Waals surface area (Å²) >= 11 is 0. The molecule has 1 aliphatic carbocycles. The summed E-state index contributed by atoms with van der Waals surface area (Å²) in [6, 6.07) is 7.28. The van der Waals surface area contributed by atoms with Gasteiger partial charge in [-0.05, 0) is 36.5 Å². The van der Waals surface area contributed by atoms with Crippen LogP contribution in [0, 0.1) is 5.92 Å². The highest BCUT2D eigenvalue weighted by molar-refractivity contribution is 5.44. The van der Waals surface area contributed by atoms with E-state index in [9.17, 15) is 0 Å². The molecule has 5 nitrogen and oxygen atoms in total. The number of hydrogen-bond donors (Lipinski definition) is 1. The van der Waals surface area contributed by atoms with Gasteiger partial charge in [-0.25, -0.2) is 0 Å². The van der Waals surface area contributed by atoms with Gasteiger partial charge in [0.1, 0.15) is 0 Å². The number of rotatable bonds is 7. The molecular formula is C21H34N2O3. The monoisotopic (exact) mass is 362 g/mol. The summed E-state index contributed by atoms with van der Waals surface area (Å²) < 4.78 is 16.5. The summed E-state index contributed by atoms with van der Waals surface area (Å²) in [5, 5.41) is 3.88. The molecule has 1 saturated heterocycles. The molecule has 146 valence electrons. The van der Waals surface area contributed by atoms with Crippen molar-refractivity contribution in [1.29, 1.82) is 0 Å². The predicted octanol–water partition coefficient (Wildman–Crippen LogP) is 3.25. The number of nitrogens with zero attached hydrogens (tertiary/aromatic N) is 1. The van der Waals surface area contributed by atoms with Gasteiger partial charge in [0.2, 0.25) is 0 Å². The molecule has 0 aromatic heterocycles. The lowest BCUT2D eigenvalue weighted by Crippen LogP contribution is -2.46. The van der Waals surface area contributed by atoms with E-state index in [0.717, 1.165) is 50.3 Å². The van der Waals surface area contributed by atoms with Crippen molar-refractivity contribution in [1.82, 2.24) is 10.2 Å². The molecule has 1 aliphatic heterocycles. The van der Waals surface area contributed by atoms with Crippen LogP contribution in [0.5, 0.6) is 11.5 Å². The summed E-state index contributed by atoms with van der Waals surface area (Å²) in [6.07, 6.45) is 5.36. The van der Waals surface area contributed by atoms with Gasteiger partial charge in [-0.1, -0.05) is 25.8 Å². The van der Waals surface area contributed by atoms with Crippen molar-refractivity contribution < 1.29 is 14.2 Å². The van der Waals surface area contributed by atoms with E-state index in [0.29, 0.717) is 12.1 Å². The Morgan fingerprint density at radius 2 is 1.85 bits per heavy atom. The number of hydrogen-bond acceptors (Lipinski definition) is 5. The Labute approximate surface area is 158 Å². The molecule has 3 unspecified atom stereocenters. The van der Waals surface area contributed by atoms with Gasteiger partial charge in [-0.3, -0.25) is 4.90 Å². The lowest BCUT2D eigenvalue weighted by atomic mass is 9.85. The molecule has 1 heterocycles. The molecule has 3 atom stereocenters. The second-order valence-electron chi connectivity index (χ2n) is 7.56. The molecule has 1 aromatic carbocycles. The highest BCUT2D eigenvalue weighted by atomic mass is 16.5. The van der Waals surface area contributed by atoms with E-state index in [1.807, 2.05) is 6.07 Å². The smallest absolute Gasteiger partial charge is 0.161 e. The number of morpholine rings is 1. The second kappa shape index (κ2) is 9.58. The van der Waals surface area contributed by atoms with Crippen molar-refractivity contribution in [2.24, 2.45) is 5.92 Å². The highest BCUT2D eigenvalue weighted by Gasteiger charge is 2.27. The van der Waals surface area contributed by atoms with Crippen molar-refractivity contribution in [3.63, 3.8) is 0 Å². The molecule has 26 heavy (non-hydrogen) atoms. The van der Waals surface area contributed by atoms with Gasteiger partial charge in [0.25, 0.3) is 0 Å². The Bertz CT molecular complexity index is 560. The molecule has 2 aliphatic rings. The molecule has 1 N–H and O–H groups in total. The van der Waals surface area contributed by atoms with Crippen molar-refractivity contribution in [2.75, 3.05) is 47.1 Å². The van der Waals surface area contributed by atoms with Gasteiger partial charge >= 0.3 is 0 Å². The second-order valence-corrected chi connectivity index (χ2v) is 7.56. The topological polar surface area (TPSA) is 43.0 Å². The van der Waals surface area contributed by atoms with Gasteiger partial charge in [-0.15, -0.1) is 0 Å². The molecule has 3 rings (SSSR count). The third kappa shape index (κ3) is 4.70. The molecule has 1 saturated carbocycles. The maximum atomic E-state index is 5.57. The molecule has 5 heteroatoms. The van der Waals surface area contributed by atoms with E-state index in [1.165, 1.54) is 31.2 Å². The Morgan fingerprint density at radius 1 is 1.12 bits per heavy atom. The Kier molecular flexibility index (Phi) is 7.17. The van der Waals surface area contributed by atoms with Crippen LogP contribution in [0.1, 0.15) is 44.2 Å². The first-order valence-corrected chi connectivity index (χ1v) is 10.00. The Morgan fingerprint density at radius 3 is 2.54 bits per heavy atom. The quantitative estimate of drug-likeness (QED) is 0.807. The van der Waals surface area contributed by atoms with E-state index < -0.39 is 0 Å². The zero-order valence-corrected chi connectivity index (χ0v) is 16.5. The average molecular weight is 363 g/mol. The lowest BCUT2D eigenvalue weighted by Gasteiger charge is -2.37. The zero-order valence-electron chi connectivity index (χ0n) is 16.5. The average Bonchev–Trinajstić information content (AvgIpc) is 2.70. The minimum Gasteiger partial charge on any atom is -0.493 e. The molecular weight excluding hydrogens is 328 g/mol. The first kappa shape index (κ1) is 19.5. The third-order valence-corrected chi connectivity index (χ3v) is 5.96. The largest absolute Gasteiger partial charge is 0.493 e. The van der Waals surface area contributed by atoms with Crippen LogP contribution in [-0.4, -0.2) is 58.0 Å². The molecule has 1 aromatic rings. The summed E-state index contributed by atoms with van der Waals surface area (Å²) in [6.45, 7) is 6.91. The van der Waals surface area contributed by atoms with Crippen LogP contribution in [0.4, 0.5) is 0 Å². The first-order valence-electron chi connectivity index (χ1n) is 10.00. The predicted molar refractivity (Wildman–Crippen MR) is 104 cm³/mol. The fourth-order valence-electron chi connectivity index (χ4n) is 4.29. The minimum absolute atomic E-state index is 0.327. The Hall–Kier alpha value is -1.30. The third-order valence-electron chi connectivity index (χ3n) is 5.96. The van der Waals surface area contributed by atoms with Gasteiger partial charge < -0.3 is 19.5 Å². The van der Waals surface area contributed by atoms with Gasteiger partial charge in [0.15, 0.2) is 11.5 Å². The summed E-state index contributed by atoms with van der Waals surface area (Å²) in [5.41, 5.74) is 1.28. The summed E-state index contributed by atoms with van der Waals surface area (Å²) in [5.74, 6) is 2.35. The maximum Gasteiger partial charge on any atom is 0.161 e. The highest BCUT2D eigenvalue weighted by Crippen LogP contribution is 2.32. The number of benzene rings is 1. The molecule has 0 amide bonds. The number of nitrogens with one attached hydrogen (secondary N) is 1. The van der Waals surface area contributed by atoms with E-state index in [1.54, 1.807) is 14.2 Å². The molecule has 2 fully saturated rings. The SMILES string of the molecule is COc1ccc(C(CNC2CCCCC2C)N2CCOCC2)cc1OC. The van der Waals surface area contributed by atoms with E-state index in [4.69, 9.17) is 14.2 Å². The van der Waals surface area contributed by atoms with Gasteiger partial charge in [0.05, 0.1) is 27.4 Å². The van der Waals surface area contributed by atoms with Crippen LogP contribution < -0.4 is 14.8 Å². The fourth-order valence-corrected chi connectivity index (χ4v) is 4.29. The van der Waals surface area contributed by atoms with E-state index >= 15 is 0 Å². The van der Waals surface area contributed by atoms with Crippen molar-refractivity contribution >= 4 is 0 Å². The lowest BCUT2D eigenvalue weighted by molar-refractivity contribution is 0.0149. The van der Waals surface area contributed by atoms with Crippen LogP contribution in [-0.2, 0) is 4.74 Å². The Balaban J connectivity index is 1.76. The summed E-state index contributed by atoms with van der Waals surface area (Å²) in [7, 11) is 3.39. The van der Waals surface area contributed by atoms with Crippen LogP contribution in [0.2, 0.25) is 0 Å². The summed E-state index contributed by atoms with van der Waals surface area (Å²) in [4.78, 5) is 2.53. The van der Waals surface area contributed by atoms with Gasteiger partial charge in [0, 0.05) is 31.7 Å². The van der Waals surface area contributed by atoms with Crippen LogP contribution in [0.25, 0.3) is 0 Å². The van der Waals surface area contributed by atoms with Crippen LogP contribution in [0.3, 0.4) is 0 Å². The molecule has 0 radical (unpaired) electrons. The molecule has 0 bridgehead atoms. The number of ether oxygens (including phenoxy) is 3. The molecule has 0 spiro atoms. The van der Waals surface area contributed by atoms with Crippen molar-refractivity contribution in [3.05, 3.63) is 23.8 Å². The first-order chi connectivity index (χ1) is 12.7. The van der Waals surface area contributed by atoms with Crippen molar-refractivity contribution in [2.45, 2.75) is 44.7 Å². The minimum atomic E-state index is 0.327.